The summed E-state index contributed by atoms with van der Waals surface area (Å²) in [5.41, 5.74) is 0.917. The van der Waals surface area contributed by atoms with Crippen LogP contribution in [0, 0.1) is 5.82 Å². The third kappa shape index (κ3) is 4.42. The normalized spacial score (nSPS) is 16.8. The Bertz CT molecular complexity index is 928. The molecule has 1 heterocycles. The summed E-state index contributed by atoms with van der Waals surface area (Å²) in [4.78, 5) is 16.8. The van der Waals surface area contributed by atoms with Gasteiger partial charge in [0.15, 0.2) is 5.17 Å². The van der Waals surface area contributed by atoms with Crippen molar-refractivity contribution in [1.82, 2.24) is 5.32 Å². The first kappa shape index (κ1) is 18.4. The molecule has 0 atom stereocenters. The minimum atomic E-state index is -0.445. The molecule has 1 aliphatic rings. The smallest absolute Gasteiger partial charge is 0.264 e. The Balaban J connectivity index is 1.89. The second-order valence-corrected chi connectivity index (χ2v) is 7.16. The van der Waals surface area contributed by atoms with E-state index < -0.39 is 5.82 Å². The third-order valence-electron chi connectivity index (χ3n) is 3.34. The molecule has 0 spiro atoms. The number of hydrogen-bond acceptors (Lipinski definition) is 4. The van der Waals surface area contributed by atoms with E-state index in [1.54, 1.807) is 30.4 Å². The molecule has 0 unspecified atom stereocenters. The monoisotopic (exact) mass is 432 g/mol. The maximum atomic E-state index is 13.7. The highest BCUT2D eigenvalue weighted by Crippen LogP contribution is 2.32. The molecule has 2 aromatic rings. The zero-order chi connectivity index (χ0) is 18.5. The van der Waals surface area contributed by atoms with Gasteiger partial charge in [0, 0.05) is 10.0 Å². The minimum Gasteiger partial charge on any atom is -0.489 e. The number of aliphatic imine (C=N–C) groups is 1. The first-order valence-corrected chi connectivity index (χ1v) is 9.25. The van der Waals surface area contributed by atoms with E-state index in [0.29, 0.717) is 22.4 Å². The number of amidine groups is 1. The fourth-order valence-corrected chi connectivity index (χ4v) is 3.39. The van der Waals surface area contributed by atoms with Crippen molar-refractivity contribution in [3.8, 4) is 5.75 Å². The highest BCUT2D eigenvalue weighted by molar-refractivity contribution is 9.10. The molecular formula is C19H14BrFN2O2S. The summed E-state index contributed by atoms with van der Waals surface area (Å²) < 4.78 is 20.2. The number of nitrogens with zero attached hydrogens (tertiary/aromatic N) is 1. The quantitative estimate of drug-likeness (QED) is 0.531. The van der Waals surface area contributed by atoms with Gasteiger partial charge >= 0.3 is 0 Å². The maximum absolute atomic E-state index is 13.7. The Morgan fingerprint density at radius 3 is 2.88 bits per heavy atom. The van der Waals surface area contributed by atoms with E-state index in [1.165, 1.54) is 6.07 Å². The van der Waals surface area contributed by atoms with Crippen LogP contribution in [0.4, 0.5) is 10.1 Å². The number of benzene rings is 2. The SMILES string of the molecule is C=CCOc1ccc(Br)cc1/C=C1\SC(=Nc2ccccc2F)NC1=O. The number of nitrogens with one attached hydrogen (secondary N) is 1. The summed E-state index contributed by atoms with van der Waals surface area (Å²) >= 11 is 4.56. The fourth-order valence-electron chi connectivity index (χ4n) is 2.19. The zero-order valence-corrected chi connectivity index (χ0v) is 15.9. The van der Waals surface area contributed by atoms with Gasteiger partial charge in [0.2, 0.25) is 0 Å². The number of ether oxygens (including phenoxy) is 1. The van der Waals surface area contributed by atoms with Crippen molar-refractivity contribution in [1.29, 1.82) is 0 Å². The van der Waals surface area contributed by atoms with E-state index in [1.807, 2.05) is 18.2 Å². The molecule has 0 bridgehead atoms. The summed E-state index contributed by atoms with van der Waals surface area (Å²) in [5, 5.41) is 2.98. The van der Waals surface area contributed by atoms with Gasteiger partial charge in [0.1, 0.15) is 23.9 Å². The molecule has 0 radical (unpaired) electrons. The molecule has 4 nitrogen and oxygen atoms in total. The van der Waals surface area contributed by atoms with E-state index in [2.05, 4.69) is 32.8 Å². The van der Waals surface area contributed by atoms with Crippen LogP contribution in [0.2, 0.25) is 0 Å². The molecule has 3 rings (SSSR count). The standard InChI is InChI=1S/C19H14BrFN2O2S/c1-2-9-25-16-8-7-13(20)10-12(16)11-17-18(24)23-19(26-17)22-15-6-4-3-5-14(15)21/h2-8,10-11H,1,9H2,(H,22,23,24)/b17-11-. The average Bonchev–Trinajstić information content (AvgIpc) is 2.95. The summed E-state index contributed by atoms with van der Waals surface area (Å²) in [6.07, 6.45) is 3.36. The van der Waals surface area contributed by atoms with Crippen molar-refractivity contribution in [3.63, 3.8) is 0 Å². The topological polar surface area (TPSA) is 50.7 Å². The Hall–Kier alpha value is -2.38. The fraction of sp³-hybridized carbons (Fsp3) is 0.0526. The summed E-state index contributed by atoms with van der Waals surface area (Å²) in [6, 6.07) is 11.7. The number of thioether (sulfide) groups is 1. The number of para-hydroxylation sites is 1. The number of halogens is 2. The number of amides is 1. The minimum absolute atomic E-state index is 0.175. The molecule has 0 aliphatic carbocycles. The molecular weight excluding hydrogens is 419 g/mol. The van der Waals surface area contributed by atoms with E-state index in [9.17, 15) is 9.18 Å². The predicted octanol–water partition coefficient (Wildman–Crippen LogP) is 5.04. The van der Waals surface area contributed by atoms with Gasteiger partial charge in [-0.15, -0.1) is 0 Å². The molecule has 132 valence electrons. The molecule has 0 saturated carbocycles. The first-order chi connectivity index (χ1) is 12.6. The molecule has 1 N–H and O–H groups in total. The van der Waals surface area contributed by atoms with Crippen LogP contribution in [0.25, 0.3) is 6.08 Å². The van der Waals surface area contributed by atoms with Crippen molar-refractivity contribution < 1.29 is 13.9 Å². The Kier molecular flexibility index (Phi) is 5.90. The van der Waals surface area contributed by atoms with E-state index in [-0.39, 0.29) is 11.6 Å². The van der Waals surface area contributed by atoms with Crippen LogP contribution in [-0.2, 0) is 4.79 Å². The van der Waals surface area contributed by atoms with Gasteiger partial charge in [-0.1, -0.05) is 40.7 Å². The second kappa shape index (κ2) is 8.33. The first-order valence-electron chi connectivity index (χ1n) is 7.64. The molecule has 1 fully saturated rings. The number of carbonyl (C=O) groups is 1. The number of carbonyl (C=O) groups excluding carboxylic acids is 1. The lowest BCUT2D eigenvalue weighted by atomic mass is 10.2. The molecule has 1 aliphatic heterocycles. The Labute approximate surface area is 163 Å². The van der Waals surface area contributed by atoms with Gasteiger partial charge in [-0.3, -0.25) is 4.79 Å². The van der Waals surface area contributed by atoms with Crippen molar-refractivity contribution in [3.05, 3.63) is 75.9 Å². The van der Waals surface area contributed by atoms with Crippen molar-refractivity contribution in [2.45, 2.75) is 0 Å². The third-order valence-corrected chi connectivity index (χ3v) is 4.74. The average molecular weight is 433 g/mol. The zero-order valence-electron chi connectivity index (χ0n) is 13.5. The highest BCUT2D eigenvalue weighted by Gasteiger charge is 2.24. The Morgan fingerprint density at radius 2 is 2.12 bits per heavy atom. The van der Waals surface area contributed by atoms with Crippen LogP contribution in [0.1, 0.15) is 5.56 Å². The summed E-state index contributed by atoms with van der Waals surface area (Å²) in [7, 11) is 0. The van der Waals surface area contributed by atoms with E-state index in [4.69, 9.17) is 4.74 Å². The maximum Gasteiger partial charge on any atom is 0.264 e. The molecule has 1 amide bonds. The van der Waals surface area contributed by atoms with Gasteiger partial charge in [0.25, 0.3) is 5.91 Å². The summed E-state index contributed by atoms with van der Waals surface area (Å²) in [5.74, 6) is -0.104. The second-order valence-electron chi connectivity index (χ2n) is 5.21. The van der Waals surface area contributed by atoms with Gasteiger partial charge in [-0.25, -0.2) is 9.38 Å². The van der Waals surface area contributed by atoms with Crippen LogP contribution >= 0.6 is 27.7 Å². The van der Waals surface area contributed by atoms with Gasteiger partial charge in [-0.05, 0) is 48.2 Å². The molecule has 2 aromatic carbocycles. The highest BCUT2D eigenvalue weighted by atomic mass is 79.9. The lowest BCUT2D eigenvalue weighted by Crippen LogP contribution is -2.19. The van der Waals surface area contributed by atoms with Gasteiger partial charge < -0.3 is 10.1 Å². The Morgan fingerprint density at radius 1 is 1.31 bits per heavy atom. The number of hydrogen-bond donors (Lipinski definition) is 1. The summed E-state index contributed by atoms with van der Waals surface area (Å²) in [6.45, 7) is 3.99. The van der Waals surface area contributed by atoms with Crippen LogP contribution in [0.15, 0.2) is 69.5 Å². The lowest BCUT2D eigenvalue weighted by molar-refractivity contribution is -0.115. The van der Waals surface area contributed by atoms with E-state index >= 15 is 0 Å². The lowest BCUT2D eigenvalue weighted by Gasteiger charge is -2.08. The molecule has 26 heavy (non-hydrogen) atoms. The van der Waals surface area contributed by atoms with Crippen molar-refractivity contribution in [2.75, 3.05) is 6.61 Å². The van der Waals surface area contributed by atoms with Crippen LogP contribution < -0.4 is 10.1 Å². The number of rotatable bonds is 5. The van der Waals surface area contributed by atoms with Gasteiger partial charge in [0.05, 0.1) is 4.91 Å². The largest absolute Gasteiger partial charge is 0.489 e. The van der Waals surface area contributed by atoms with Crippen LogP contribution in [-0.4, -0.2) is 17.7 Å². The van der Waals surface area contributed by atoms with Crippen LogP contribution in [0.5, 0.6) is 5.75 Å². The molecule has 7 heteroatoms. The van der Waals surface area contributed by atoms with Crippen molar-refractivity contribution in [2.24, 2.45) is 4.99 Å². The molecule has 1 saturated heterocycles. The van der Waals surface area contributed by atoms with Gasteiger partial charge in [-0.2, -0.15) is 0 Å². The van der Waals surface area contributed by atoms with Crippen LogP contribution in [0.3, 0.4) is 0 Å². The molecule has 0 aromatic heterocycles. The predicted molar refractivity (Wildman–Crippen MR) is 107 cm³/mol. The van der Waals surface area contributed by atoms with E-state index in [0.717, 1.165) is 21.8 Å². The van der Waals surface area contributed by atoms with Crippen molar-refractivity contribution >= 4 is 50.5 Å².